The molecule has 17 atom stereocenters. The highest BCUT2D eigenvalue weighted by Gasteiger charge is 2.55. The predicted octanol–water partition coefficient (Wildman–Crippen LogP) is 6.00. The SMILES string of the molecule is C=C1C(O)C2OC3(CCC(C=CC(C)C4CC(C)=CC5(OC(CC(C)(O)C(=O)OCC(C)=CCCO)CCC5O)O4)O3)CCC2OC1C(O)CC(C)C1OC2(CCCCO2)CCC1C. The van der Waals surface area contributed by atoms with Gasteiger partial charge in [0.15, 0.2) is 17.2 Å². The van der Waals surface area contributed by atoms with E-state index < -0.39 is 71.7 Å². The number of rotatable bonds is 14. The van der Waals surface area contributed by atoms with E-state index >= 15 is 0 Å². The monoisotopic (exact) mass is 903 g/mol. The van der Waals surface area contributed by atoms with E-state index in [1.54, 1.807) is 13.0 Å². The van der Waals surface area contributed by atoms with Crippen LogP contribution in [0.1, 0.15) is 138 Å². The zero-order valence-electron chi connectivity index (χ0n) is 39.2. The minimum absolute atomic E-state index is 0.00273. The van der Waals surface area contributed by atoms with Crippen LogP contribution in [0, 0.1) is 17.8 Å². The minimum Gasteiger partial charge on any atom is -0.459 e. The van der Waals surface area contributed by atoms with Crippen LogP contribution in [-0.4, -0.2) is 135 Å². The number of carbonyl (C=O) groups excluding carboxylic acids is 1. The Morgan fingerprint density at radius 2 is 1.78 bits per heavy atom. The van der Waals surface area contributed by atoms with Gasteiger partial charge in [0.25, 0.3) is 0 Å². The normalized spacial score (nSPS) is 42.0. The van der Waals surface area contributed by atoms with E-state index in [0.717, 1.165) is 56.3 Å². The first-order chi connectivity index (χ1) is 30.4. The average molecular weight is 903 g/mol. The van der Waals surface area contributed by atoms with E-state index in [0.29, 0.717) is 62.9 Å². The van der Waals surface area contributed by atoms with Crippen LogP contribution in [0.5, 0.6) is 0 Å². The summed E-state index contributed by atoms with van der Waals surface area (Å²) in [7, 11) is 0. The molecule has 7 heterocycles. The Labute approximate surface area is 380 Å². The van der Waals surface area contributed by atoms with Crippen LogP contribution in [-0.2, 0) is 42.7 Å². The fourth-order valence-electron chi connectivity index (χ4n) is 11.2. The fourth-order valence-corrected chi connectivity index (χ4v) is 11.2. The van der Waals surface area contributed by atoms with Crippen molar-refractivity contribution < 1.29 is 68.2 Å². The van der Waals surface area contributed by atoms with Crippen LogP contribution < -0.4 is 0 Å². The standard InChI is InChI=1S/C50H78O14/c1-30(11-10-23-51)29-57-46(55)47(7,56)28-37-14-15-41(53)50(61-37)27-31(2)25-40(62-50)32(3)12-13-36-17-21-49(60-36)22-18-39-45(64-49)42(54)35(6)44(59-39)38(52)26-34(5)43-33(4)16-20-48(63-43)19-8-9-24-58-48/h11-13,27,32-34,36-45,51-54,56H,6,8-10,14-26,28-29H2,1-5,7H3. The molecule has 7 aliphatic heterocycles. The van der Waals surface area contributed by atoms with E-state index in [-0.39, 0.29) is 49.8 Å². The summed E-state index contributed by atoms with van der Waals surface area (Å²) in [5, 5.41) is 54.7. The zero-order valence-corrected chi connectivity index (χ0v) is 39.2. The van der Waals surface area contributed by atoms with Gasteiger partial charge in [-0.2, -0.15) is 0 Å². The molecule has 0 bridgehead atoms. The van der Waals surface area contributed by atoms with Crippen LogP contribution in [0.3, 0.4) is 0 Å². The van der Waals surface area contributed by atoms with Gasteiger partial charge in [-0.05, 0) is 114 Å². The van der Waals surface area contributed by atoms with Gasteiger partial charge in [-0.15, -0.1) is 0 Å². The van der Waals surface area contributed by atoms with Gasteiger partial charge in [0.05, 0.1) is 43.2 Å². The number of hydrogen-bond acceptors (Lipinski definition) is 14. The van der Waals surface area contributed by atoms with Crippen molar-refractivity contribution >= 4 is 5.97 Å². The lowest BCUT2D eigenvalue weighted by molar-refractivity contribution is -0.321. The van der Waals surface area contributed by atoms with Crippen LogP contribution in [0.25, 0.3) is 0 Å². The van der Waals surface area contributed by atoms with E-state index in [4.69, 9.17) is 43.0 Å². The number of aliphatic hydroxyl groups excluding tert-OH is 4. The van der Waals surface area contributed by atoms with E-state index in [1.807, 2.05) is 19.1 Å². The Balaban J connectivity index is 0.903. The molecule has 64 heavy (non-hydrogen) atoms. The number of esters is 1. The molecule has 0 saturated carbocycles. The van der Waals surface area contributed by atoms with E-state index in [9.17, 15) is 25.2 Å². The Morgan fingerprint density at radius 3 is 2.53 bits per heavy atom. The van der Waals surface area contributed by atoms with Gasteiger partial charge in [-0.3, -0.25) is 0 Å². The van der Waals surface area contributed by atoms with Crippen molar-refractivity contribution in [2.24, 2.45) is 17.8 Å². The summed E-state index contributed by atoms with van der Waals surface area (Å²) in [6.07, 6.45) is 11.8. The molecule has 3 spiro atoms. The van der Waals surface area contributed by atoms with Crippen molar-refractivity contribution in [1.82, 2.24) is 0 Å². The second kappa shape index (κ2) is 20.7. The summed E-state index contributed by atoms with van der Waals surface area (Å²) in [6.45, 7) is 16.5. The number of ether oxygens (including phenoxy) is 8. The third kappa shape index (κ3) is 11.3. The summed E-state index contributed by atoms with van der Waals surface area (Å²) in [5.41, 5.74) is 0.369. The van der Waals surface area contributed by atoms with Crippen LogP contribution in [0.2, 0.25) is 0 Å². The summed E-state index contributed by atoms with van der Waals surface area (Å²) in [6, 6.07) is 0. The first kappa shape index (κ1) is 49.8. The molecule has 5 N–H and O–H groups in total. The Morgan fingerprint density at radius 1 is 1.02 bits per heavy atom. The highest BCUT2D eigenvalue weighted by Crippen LogP contribution is 2.47. The molecule has 6 saturated heterocycles. The van der Waals surface area contributed by atoms with Gasteiger partial charge in [-0.25, -0.2) is 4.79 Å². The lowest BCUT2D eigenvalue weighted by Gasteiger charge is -2.50. The first-order valence-corrected chi connectivity index (χ1v) is 24.3. The molecule has 0 amide bonds. The highest BCUT2D eigenvalue weighted by atomic mass is 16.7. The van der Waals surface area contributed by atoms with Gasteiger partial charge in [-0.1, -0.05) is 51.2 Å². The molecule has 7 rings (SSSR count). The number of aliphatic hydroxyl groups is 5. The molecule has 14 heteroatoms. The largest absolute Gasteiger partial charge is 0.459 e. The summed E-state index contributed by atoms with van der Waals surface area (Å²) < 4.78 is 51.1. The van der Waals surface area contributed by atoms with Gasteiger partial charge in [0.2, 0.25) is 5.79 Å². The van der Waals surface area contributed by atoms with Crippen molar-refractivity contribution in [3.8, 4) is 0 Å². The van der Waals surface area contributed by atoms with E-state index in [2.05, 4.69) is 33.4 Å². The predicted molar refractivity (Wildman–Crippen MR) is 236 cm³/mol. The molecule has 17 unspecified atom stereocenters. The van der Waals surface area contributed by atoms with Gasteiger partial charge in [0, 0.05) is 44.6 Å². The molecule has 6 fully saturated rings. The maximum atomic E-state index is 12.9. The average Bonchev–Trinajstić information content (AvgIpc) is 3.66. The summed E-state index contributed by atoms with van der Waals surface area (Å²) in [5.74, 6) is -3.29. The molecule has 0 radical (unpaired) electrons. The van der Waals surface area contributed by atoms with Crippen molar-refractivity contribution in [3.05, 3.63) is 47.6 Å². The second-order valence-electron chi connectivity index (χ2n) is 20.7. The van der Waals surface area contributed by atoms with E-state index in [1.165, 1.54) is 6.92 Å². The molecule has 0 aromatic heterocycles. The van der Waals surface area contributed by atoms with Crippen molar-refractivity contribution in [2.75, 3.05) is 19.8 Å². The maximum absolute atomic E-state index is 12.9. The topological polar surface area (TPSA) is 192 Å². The molecule has 7 aliphatic rings. The van der Waals surface area contributed by atoms with Gasteiger partial charge >= 0.3 is 5.97 Å². The first-order valence-electron chi connectivity index (χ1n) is 24.3. The molecule has 0 aliphatic carbocycles. The molecule has 0 aromatic rings. The zero-order chi connectivity index (χ0) is 46.0. The molecule has 14 nitrogen and oxygen atoms in total. The smallest absolute Gasteiger partial charge is 0.338 e. The lowest BCUT2D eigenvalue weighted by Crippen LogP contribution is -2.60. The van der Waals surface area contributed by atoms with Crippen molar-refractivity contribution in [3.63, 3.8) is 0 Å². The molecule has 362 valence electrons. The number of carbonyl (C=O) groups is 1. The Kier molecular flexibility index (Phi) is 16.1. The minimum atomic E-state index is -1.83. The molecular formula is C50H78O14. The summed E-state index contributed by atoms with van der Waals surface area (Å²) >= 11 is 0. The maximum Gasteiger partial charge on any atom is 0.338 e. The molecular weight excluding hydrogens is 825 g/mol. The number of fused-ring (bicyclic) bond motifs is 1. The van der Waals surface area contributed by atoms with Crippen LogP contribution in [0.4, 0.5) is 0 Å². The second-order valence-corrected chi connectivity index (χ2v) is 20.7. The van der Waals surface area contributed by atoms with Crippen molar-refractivity contribution in [2.45, 2.75) is 222 Å². The Hall–Kier alpha value is -2.05. The third-order valence-corrected chi connectivity index (χ3v) is 15.0. The van der Waals surface area contributed by atoms with Gasteiger partial charge < -0.3 is 63.4 Å². The van der Waals surface area contributed by atoms with Crippen LogP contribution in [0.15, 0.2) is 47.6 Å². The highest BCUT2D eigenvalue weighted by molar-refractivity contribution is 5.78. The van der Waals surface area contributed by atoms with Gasteiger partial charge in [0.1, 0.15) is 31.0 Å². The summed E-state index contributed by atoms with van der Waals surface area (Å²) in [4.78, 5) is 12.9. The Bertz CT molecular complexity index is 1700. The van der Waals surface area contributed by atoms with Crippen LogP contribution >= 0.6 is 0 Å². The van der Waals surface area contributed by atoms with Crippen molar-refractivity contribution in [1.29, 1.82) is 0 Å². The lowest BCUT2D eigenvalue weighted by atomic mass is 9.79. The molecule has 0 aromatic carbocycles. The fraction of sp³-hybridized carbons (Fsp3) is 0.820. The third-order valence-electron chi connectivity index (χ3n) is 15.0. The number of hydrogen-bond donors (Lipinski definition) is 5. The quantitative estimate of drug-likeness (QED) is 0.101.